The van der Waals surface area contributed by atoms with Gasteiger partial charge >= 0.3 is 0 Å². The molecular formula is C18H11FN2O2S. The Hall–Kier alpha value is -2.99. The predicted molar refractivity (Wildman–Crippen MR) is 91.7 cm³/mol. The van der Waals surface area contributed by atoms with Gasteiger partial charge in [0.15, 0.2) is 5.58 Å². The number of nitrogens with zero attached hydrogens (tertiary/aromatic N) is 1. The second-order valence-electron chi connectivity index (χ2n) is 5.14. The van der Waals surface area contributed by atoms with Gasteiger partial charge in [-0.2, -0.15) is 0 Å². The van der Waals surface area contributed by atoms with Crippen LogP contribution >= 0.6 is 11.3 Å². The molecular weight excluding hydrogens is 327 g/mol. The molecule has 1 amide bonds. The molecule has 0 saturated heterocycles. The Morgan fingerprint density at radius 2 is 2.04 bits per heavy atom. The number of fused-ring (bicyclic) bond motifs is 1. The molecule has 0 aliphatic carbocycles. The summed E-state index contributed by atoms with van der Waals surface area (Å²) in [5.41, 5.74) is 2.35. The zero-order chi connectivity index (χ0) is 16.5. The molecule has 4 rings (SSSR count). The lowest BCUT2D eigenvalue weighted by Gasteiger charge is -2.02. The third-order valence-electron chi connectivity index (χ3n) is 3.46. The van der Waals surface area contributed by atoms with Crippen LogP contribution in [0, 0.1) is 5.82 Å². The number of hydrogen-bond acceptors (Lipinski definition) is 4. The van der Waals surface area contributed by atoms with Gasteiger partial charge in [0.2, 0.25) is 5.89 Å². The molecule has 0 fully saturated rings. The highest BCUT2D eigenvalue weighted by Crippen LogP contribution is 2.27. The highest BCUT2D eigenvalue weighted by molar-refractivity contribution is 7.12. The van der Waals surface area contributed by atoms with E-state index in [4.69, 9.17) is 4.42 Å². The Morgan fingerprint density at radius 3 is 2.83 bits per heavy atom. The summed E-state index contributed by atoms with van der Waals surface area (Å²) in [6.07, 6.45) is 0. The number of amides is 1. The maximum absolute atomic E-state index is 13.3. The number of rotatable bonds is 3. The third kappa shape index (κ3) is 2.79. The van der Waals surface area contributed by atoms with Crippen LogP contribution in [0.15, 0.2) is 64.4 Å². The number of oxazole rings is 1. The van der Waals surface area contributed by atoms with Crippen LogP contribution in [0.4, 0.5) is 10.1 Å². The van der Waals surface area contributed by atoms with E-state index < -0.39 is 0 Å². The summed E-state index contributed by atoms with van der Waals surface area (Å²) in [5.74, 6) is -0.181. The molecule has 0 saturated carbocycles. The van der Waals surface area contributed by atoms with E-state index in [0.29, 0.717) is 33.1 Å². The maximum atomic E-state index is 13.3. The minimum absolute atomic E-state index is 0.172. The van der Waals surface area contributed by atoms with Crippen molar-refractivity contribution in [3.63, 3.8) is 0 Å². The van der Waals surface area contributed by atoms with Gasteiger partial charge in [0.25, 0.3) is 5.91 Å². The fourth-order valence-corrected chi connectivity index (χ4v) is 2.97. The lowest BCUT2D eigenvalue weighted by molar-refractivity contribution is 0.103. The largest absolute Gasteiger partial charge is 0.436 e. The fraction of sp³-hybridized carbons (Fsp3) is 0. The Labute approximate surface area is 140 Å². The van der Waals surface area contributed by atoms with Gasteiger partial charge in [-0.3, -0.25) is 4.79 Å². The highest BCUT2D eigenvalue weighted by atomic mass is 32.1. The maximum Gasteiger partial charge on any atom is 0.265 e. The smallest absolute Gasteiger partial charge is 0.265 e. The van der Waals surface area contributed by atoms with Crippen molar-refractivity contribution in [1.29, 1.82) is 0 Å². The zero-order valence-electron chi connectivity index (χ0n) is 12.3. The molecule has 1 N–H and O–H groups in total. The third-order valence-corrected chi connectivity index (χ3v) is 4.33. The summed E-state index contributed by atoms with van der Waals surface area (Å²) in [6, 6.07) is 14.9. The number of nitrogens with one attached hydrogen (secondary N) is 1. The molecule has 0 aliphatic rings. The van der Waals surface area contributed by atoms with Crippen LogP contribution in [0.1, 0.15) is 9.67 Å². The molecule has 4 nitrogen and oxygen atoms in total. The Balaban J connectivity index is 1.65. The summed E-state index contributed by atoms with van der Waals surface area (Å²) < 4.78 is 19.0. The number of anilines is 1. The molecule has 0 unspecified atom stereocenters. The van der Waals surface area contributed by atoms with Gasteiger partial charge in [0.05, 0.1) is 4.88 Å². The molecule has 2 aromatic carbocycles. The monoisotopic (exact) mass is 338 g/mol. The average Bonchev–Trinajstić information content (AvgIpc) is 3.24. The van der Waals surface area contributed by atoms with Crippen molar-refractivity contribution in [2.45, 2.75) is 0 Å². The van der Waals surface area contributed by atoms with Crippen LogP contribution in [0.2, 0.25) is 0 Å². The van der Waals surface area contributed by atoms with E-state index in [-0.39, 0.29) is 11.7 Å². The van der Waals surface area contributed by atoms with E-state index in [9.17, 15) is 9.18 Å². The van der Waals surface area contributed by atoms with Crippen molar-refractivity contribution in [3.05, 3.63) is 70.7 Å². The van der Waals surface area contributed by atoms with E-state index in [1.807, 2.05) is 11.4 Å². The topological polar surface area (TPSA) is 55.1 Å². The summed E-state index contributed by atoms with van der Waals surface area (Å²) in [5, 5.41) is 4.67. The van der Waals surface area contributed by atoms with Crippen molar-refractivity contribution in [2.24, 2.45) is 0 Å². The van der Waals surface area contributed by atoms with Crippen molar-refractivity contribution >= 4 is 34.0 Å². The van der Waals surface area contributed by atoms with Gasteiger partial charge in [0.1, 0.15) is 11.3 Å². The molecule has 0 aliphatic heterocycles. The Morgan fingerprint density at radius 1 is 1.12 bits per heavy atom. The fourth-order valence-electron chi connectivity index (χ4n) is 2.35. The van der Waals surface area contributed by atoms with Crippen LogP contribution in [0.25, 0.3) is 22.6 Å². The lowest BCUT2D eigenvalue weighted by atomic mass is 10.2. The number of benzene rings is 2. The normalized spacial score (nSPS) is 10.9. The number of halogens is 1. The number of aromatic nitrogens is 1. The first-order chi connectivity index (χ1) is 11.7. The van der Waals surface area contributed by atoms with Crippen LogP contribution in [0.3, 0.4) is 0 Å². The molecule has 0 bridgehead atoms. The molecule has 118 valence electrons. The van der Waals surface area contributed by atoms with Crippen LogP contribution in [-0.2, 0) is 0 Å². The molecule has 6 heteroatoms. The summed E-state index contributed by atoms with van der Waals surface area (Å²) in [6.45, 7) is 0. The number of carbonyl (C=O) groups is 1. The van der Waals surface area contributed by atoms with E-state index in [0.717, 1.165) is 0 Å². The number of thiophene rings is 1. The molecule has 4 aromatic rings. The van der Waals surface area contributed by atoms with E-state index >= 15 is 0 Å². The standard InChI is InChI=1S/C18H11FN2O2S/c19-12-4-1-3-11(9-12)18-21-14-7-6-13(10-15(14)23-18)20-17(22)16-5-2-8-24-16/h1-10H,(H,20,22). The zero-order valence-corrected chi connectivity index (χ0v) is 13.1. The van der Waals surface area contributed by atoms with E-state index in [2.05, 4.69) is 10.3 Å². The Kier molecular flexibility index (Phi) is 3.59. The van der Waals surface area contributed by atoms with Crippen LogP contribution in [-0.4, -0.2) is 10.9 Å². The van der Waals surface area contributed by atoms with Gasteiger partial charge in [0, 0.05) is 17.3 Å². The minimum atomic E-state index is -0.348. The van der Waals surface area contributed by atoms with Gasteiger partial charge < -0.3 is 9.73 Å². The van der Waals surface area contributed by atoms with Crippen molar-refractivity contribution < 1.29 is 13.6 Å². The van der Waals surface area contributed by atoms with Crippen molar-refractivity contribution in [1.82, 2.24) is 4.98 Å². The second kappa shape index (κ2) is 5.90. The molecule has 2 aromatic heterocycles. The summed E-state index contributed by atoms with van der Waals surface area (Å²) in [7, 11) is 0. The van der Waals surface area contributed by atoms with E-state index in [1.165, 1.54) is 23.5 Å². The van der Waals surface area contributed by atoms with Crippen LogP contribution < -0.4 is 5.32 Å². The highest BCUT2D eigenvalue weighted by Gasteiger charge is 2.11. The van der Waals surface area contributed by atoms with Crippen LogP contribution in [0.5, 0.6) is 0 Å². The van der Waals surface area contributed by atoms with Gasteiger partial charge in [-0.15, -0.1) is 11.3 Å². The number of hydrogen-bond donors (Lipinski definition) is 1. The quantitative estimate of drug-likeness (QED) is 0.575. The average molecular weight is 338 g/mol. The first kappa shape index (κ1) is 14.6. The molecule has 0 radical (unpaired) electrons. The van der Waals surface area contributed by atoms with Gasteiger partial charge in [-0.25, -0.2) is 9.37 Å². The minimum Gasteiger partial charge on any atom is -0.436 e. The van der Waals surface area contributed by atoms with Crippen molar-refractivity contribution in [2.75, 3.05) is 5.32 Å². The molecule has 2 heterocycles. The second-order valence-corrected chi connectivity index (χ2v) is 6.09. The molecule has 0 spiro atoms. The SMILES string of the molecule is O=C(Nc1ccc2nc(-c3cccc(F)c3)oc2c1)c1cccs1. The van der Waals surface area contributed by atoms with Gasteiger partial charge in [-0.1, -0.05) is 12.1 Å². The summed E-state index contributed by atoms with van der Waals surface area (Å²) >= 11 is 1.37. The predicted octanol–water partition coefficient (Wildman–Crippen LogP) is 4.95. The van der Waals surface area contributed by atoms with Gasteiger partial charge in [-0.05, 0) is 41.8 Å². The first-order valence-corrected chi connectivity index (χ1v) is 8.08. The molecule has 0 atom stereocenters. The molecule has 24 heavy (non-hydrogen) atoms. The lowest BCUT2D eigenvalue weighted by Crippen LogP contribution is -2.09. The first-order valence-electron chi connectivity index (χ1n) is 7.20. The summed E-state index contributed by atoms with van der Waals surface area (Å²) in [4.78, 5) is 17.1. The van der Waals surface area contributed by atoms with E-state index in [1.54, 1.807) is 36.4 Å². The van der Waals surface area contributed by atoms with Crippen molar-refractivity contribution in [3.8, 4) is 11.5 Å². The number of carbonyl (C=O) groups excluding carboxylic acids is 1. The Bertz CT molecular complexity index is 1020.